The van der Waals surface area contributed by atoms with E-state index in [9.17, 15) is 28.8 Å². The van der Waals surface area contributed by atoms with E-state index < -0.39 is 29.7 Å². The van der Waals surface area contributed by atoms with Gasteiger partial charge in [-0.1, -0.05) is 24.3 Å². The zero-order valence-corrected chi connectivity index (χ0v) is 31.2. The van der Waals surface area contributed by atoms with Crippen LogP contribution < -0.4 is 26.0 Å². The number of fused-ring (bicyclic) bond motifs is 1. The second-order valence-electron chi connectivity index (χ2n) is 13.7. The molecular weight excluding hydrogens is 725 g/mol. The van der Waals surface area contributed by atoms with E-state index in [1.165, 1.54) is 11.3 Å². The van der Waals surface area contributed by atoms with E-state index in [-0.39, 0.29) is 67.9 Å². The molecule has 4 N–H and O–H groups in total. The first-order valence-electron chi connectivity index (χ1n) is 18.1. The molecule has 2 aliphatic heterocycles. The van der Waals surface area contributed by atoms with E-state index in [0.717, 1.165) is 50.7 Å². The molecule has 7 rings (SSSR count). The summed E-state index contributed by atoms with van der Waals surface area (Å²) in [5.74, 6) is -1.65. The van der Waals surface area contributed by atoms with Crippen LogP contribution in [0, 0.1) is 19.8 Å². The highest BCUT2D eigenvalue weighted by Crippen LogP contribution is 2.35. The van der Waals surface area contributed by atoms with Crippen molar-refractivity contribution < 1.29 is 38.2 Å². The number of piperidine rings is 1. The summed E-state index contributed by atoms with van der Waals surface area (Å²) >= 11 is 1.41. The highest BCUT2D eigenvalue weighted by molar-refractivity contribution is 7.16. The molecule has 1 saturated carbocycles. The lowest BCUT2D eigenvalue weighted by Gasteiger charge is -2.27. The van der Waals surface area contributed by atoms with E-state index >= 15 is 0 Å². The summed E-state index contributed by atoms with van der Waals surface area (Å²) in [7, 11) is 0. The number of carbonyl (C=O) groups is 6. The van der Waals surface area contributed by atoms with Crippen molar-refractivity contribution in [2.24, 2.45) is 5.92 Å². The summed E-state index contributed by atoms with van der Waals surface area (Å²) in [5, 5.41) is 11.7. The third-order valence-electron chi connectivity index (χ3n) is 9.53. The average Bonchev–Trinajstić information content (AvgIpc) is 3.90. The number of benzene rings is 3. The number of thiazole rings is 1. The van der Waals surface area contributed by atoms with Gasteiger partial charge in [-0.25, -0.2) is 4.98 Å². The van der Waals surface area contributed by atoms with Crippen molar-refractivity contribution in [1.82, 2.24) is 15.2 Å². The lowest BCUT2D eigenvalue weighted by atomic mass is 10.0. The zero-order valence-electron chi connectivity index (χ0n) is 30.4. The van der Waals surface area contributed by atoms with Gasteiger partial charge >= 0.3 is 0 Å². The van der Waals surface area contributed by atoms with Crippen molar-refractivity contribution in [2.45, 2.75) is 52.0 Å². The first kappa shape index (κ1) is 37.4. The van der Waals surface area contributed by atoms with Crippen molar-refractivity contribution in [3.8, 4) is 17.0 Å². The Kier molecular flexibility index (Phi) is 11.0. The Bertz CT molecular complexity index is 2200. The predicted molar refractivity (Wildman–Crippen MR) is 205 cm³/mol. The van der Waals surface area contributed by atoms with Crippen LogP contribution in [0.25, 0.3) is 11.3 Å². The van der Waals surface area contributed by atoms with Gasteiger partial charge in [0.2, 0.25) is 23.6 Å². The van der Waals surface area contributed by atoms with Gasteiger partial charge in [-0.15, -0.1) is 11.3 Å². The smallest absolute Gasteiger partial charge is 0.264 e. The first-order chi connectivity index (χ1) is 26.5. The molecule has 1 aliphatic carbocycles. The van der Waals surface area contributed by atoms with Gasteiger partial charge < -0.3 is 25.4 Å². The standard InChI is InChI=1S/C40H40N6O8S/c1-22-19-26(42-36(49)25-9-10-25)11-12-28(22)35-23(2)55-40(45-35)44-33(48)21-24-5-3-6-27(20-24)54-18-17-53-16-15-41-30-8-4-7-29-34(30)39(52)46(38(29)51)31-13-14-32(47)43-37(31)50/h3-8,11-12,19-20,25,31,41H,9-10,13-18,21H2,1-2H3,(H,42,49)(H,43,47,50)(H,44,45,48). The Morgan fingerprint density at radius 3 is 2.51 bits per heavy atom. The highest BCUT2D eigenvalue weighted by Gasteiger charge is 2.45. The maximum atomic E-state index is 13.3. The molecule has 1 unspecified atom stereocenters. The van der Waals surface area contributed by atoms with Crippen LogP contribution in [-0.2, 0) is 30.3 Å². The number of anilines is 3. The lowest BCUT2D eigenvalue weighted by Crippen LogP contribution is -2.54. The van der Waals surface area contributed by atoms with E-state index in [4.69, 9.17) is 14.5 Å². The molecule has 3 aromatic carbocycles. The average molecular weight is 765 g/mol. The molecule has 1 aromatic heterocycles. The molecule has 15 heteroatoms. The minimum atomic E-state index is -1.03. The molecule has 6 amide bonds. The van der Waals surface area contributed by atoms with Gasteiger partial charge in [-0.05, 0) is 80.6 Å². The molecule has 14 nitrogen and oxygen atoms in total. The SMILES string of the molecule is Cc1cc(NC(=O)C2CC2)ccc1-c1nc(NC(=O)Cc2cccc(OCCOCCNc3cccc4c3C(=O)N(C3CCC(=O)NC3=O)C4=O)c2)sc1C. The van der Waals surface area contributed by atoms with Crippen molar-refractivity contribution in [3.63, 3.8) is 0 Å². The molecule has 3 heterocycles. The van der Waals surface area contributed by atoms with E-state index in [2.05, 4.69) is 21.3 Å². The molecule has 0 bridgehead atoms. The maximum absolute atomic E-state index is 13.3. The summed E-state index contributed by atoms with van der Waals surface area (Å²) in [4.78, 5) is 82.0. The van der Waals surface area contributed by atoms with Crippen LogP contribution in [0.2, 0.25) is 0 Å². The third kappa shape index (κ3) is 8.58. The summed E-state index contributed by atoms with van der Waals surface area (Å²) in [5.41, 5.74) is 5.09. The summed E-state index contributed by atoms with van der Waals surface area (Å²) in [6.45, 7) is 5.11. The number of ether oxygens (including phenoxy) is 2. The Morgan fingerprint density at radius 1 is 0.909 bits per heavy atom. The number of amides is 6. The molecule has 1 saturated heterocycles. The van der Waals surface area contributed by atoms with Crippen molar-refractivity contribution in [1.29, 1.82) is 0 Å². The van der Waals surface area contributed by atoms with Gasteiger partial charge in [0.25, 0.3) is 11.8 Å². The minimum absolute atomic E-state index is 0.0512. The van der Waals surface area contributed by atoms with Crippen molar-refractivity contribution in [3.05, 3.63) is 87.8 Å². The molecule has 284 valence electrons. The summed E-state index contributed by atoms with van der Waals surface area (Å²) in [6, 6.07) is 16.9. The number of hydrogen-bond donors (Lipinski definition) is 4. The molecule has 55 heavy (non-hydrogen) atoms. The van der Waals surface area contributed by atoms with Crippen LogP contribution in [0.15, 0.2) is 60.7 Å². The summed E-state index contributed by atoms with van der Waals surface area (Å²) in [6.07, 6.45) is 2.16. The number of nitrogens with one attached hydrogen (secondary N) is 4. The Hall–Kier alpha value is -5.93. The predicted octanol–water partition coefficient (Wildman–Crippen LogP) is 4.87. The zero-order chi connectivity index (χ0) is 38.6. The van der Waals surface area contributed by atoms with Gasteiger partial charge in [-0.2, -0.15) is 0 Å². The second kappa shape index (κ2) is 16.2. The van der Waals surface area contributed by atoms with E-state index in [0.29, 0.717) is 23.1 Å². The quantitative estimate of drug-likeness (QED) is 0.0963. The van der Waals surface area contributed by atoms with Gasteiger partial charge in [-0.3, -0.25) is 39.0 Å². The Morgan fingerprint density at radius 2 is 1.73 bits per heavy atom. The largest absolute Gasteiger partial charge is 0.491 e. The highest BCUT2D eigenvalue weighted by atomic mass is 32.1. The van der Waals surface area contributed by atoms with Gasteiger partial charge in [0.1, 0.15) is 18.4 Å². The number of rotatable bonds is 15. The Balaban J connectivity index is 0.842. The van der Waals surface area contributed by atoms with Gasteiger partial charge in [0.05, 0.1) is 36.5 Å². The number of hydrogen-bond acceptors (Lipinski definition) is 11. The molecule has 2 fully saturated rings. The fraction of sp³-hybridized carbons (Fsp3) is 0.325. The van der Waals surface area contributed by atoms with Crippen LogP contribution in [0.4, 0.5) is 16.5 Å². The van der Waals surface area contributed by atoms with Crippen molar-refractivity contribution in [2.75, 3.05) is 42.3 Å². The van der Waals surface area contributed by atoms with E-state index in [1.807, 2.05) is 44.2 Å². The molecule has 4 aromatic rings. The Labute approximate surface area is 321 Å². The number of imide groups is 2. The van der Waals surface area contributed by atoms with Crippen LogP contribution in [0.3, 0.4) is 0 Å². The lowest BCUT2D eigenvalue weighted by molar-refractivity contribution is -0.136. The second-order valence-corrected chi connectivity index (χ2v) is 14.9. The van der Waals surface area contributed by atoms with Gasteiger partial charge in [0.15, 0.2) is 5.13 Å². The van der Waals surface area contributed by atoms with Crippen LogP contribution in [0.1, 0.15) is 62.4 Å². The number of aromatic nitrogens is 1. The first-order valence-corrected chi connectivity index (χ1v) is 18.9. The minimum Gasteiger partial charge on any atom is -0.491 e. The number of nitrogens with zero attached hydrogens (tertiary/aromatic N) is 2. The maximum Gasteiger partial charge on any atom is 0.264 e. The molecule has 1 atom stereocenters. The third-order valence-corrected chi connectivity index (χ3v) is 10.4. The fourth-order valence-electron chi connectivity index (χ4n) is 6.63. The normalized spacial score (nSPS) is 16.5. The van der Waals surface area contributed by atoms with E-state index in [1.54, 1.807) is 30.3 Å². The summed E-state index contributed by atoms with van der Waals surface area (Å²) < 4.78 is 11.6. The molecule has 0 radical (unpaired) electrons. The molecular formula is C40H40N6O8S. The molecule has 3 aliphatic rings. The topological polar surface area (TPSA) is 185 Å². The van der Waals surface area contributed by atoms with Gasteiger partial charge in [0, 0.05) is 40.7 Å². The monoisotopic (exact) mass is 764 g/mol. The fourth-order valence-corrected chi connectivity index (χ4v) is 7.48. The van der Waals surface area contributed by atoms with Crippen LogP contribution >= 0.6 is 11.3 Å². The molecule has 0 spiro atoms. The van der Waals surface area contributed by atoms with Crippen LogP contribution in [0.5, 0.6) is 5.75 Å². The number of carbonyl (C=O) groups excluding carboxylic acids is 6. The number of aryl methyl sites for hydroxylation is 2. The van der Waals surface area contributed by atoms with Crippen molar-refractivity contribution >= 4 is 63.3 Å². The van der Waals surface area contributed by atoms with Crippen LogP contribution in [-0.4, -0.2) is 77.7 Å².